The smallest absolute Gasteiger partial charge is 0.137 e. The van der Waals surface area contributed by atoms with Gasteiger partial charge in [0.1, 0.15) is 18.0 Å². The third-order valence-corrected chi connectivity index (χ3v) is 4.18. The van der Waals surface area contributed by atoms with Crippen LogP contribution in [0, 0.1) is 0 Å². The van der Waals surface area contributed by atoms with Crippen molar-refractivity contribution in [2.24, 2.45) is 0 Å². The fourth-order valence-electron chi connectivity index (χ4n) is 1.46. The SMILES string of the molecule is O=S1CC(Oc2ccc(Br)cc2)[C@H](O)C1. The van der Waals surface area contributed by atoms with E-state index in [2.05, 4.69) is 15.9 Å². The van der Waals surface area contributed by atoms with E-state index in [1.165, 1.54) is 0 Å². The molecule has 0 radical (unpaired) electrons. The Bertz CT molecular complexity index is 365. The quantitative estimate of drug-likeness (QED) is 0.894. The van der Waals surface area contributed by atoms with Crippen LogP contribution in [0.25, 0.3) is 0 Å². The van der Waals surface area contributed by atoms with Crippen LogP contribution < -0.4 is 4.74 Å². The summed E-state index contributed by atoms with van der Waals surface area (Å²) >= 11 is 3.33. The highest BCUT2D eigenvalue weighted by Crippen LogP contribution is 2.20. The zero-order valence-corrected chi connectivity index (χ0v) is 10.3. The molecule has 3 nitrogen and oxygen atoms in total. The highest BCUT2D eigenvalue weighted by Gasteiger charge is 2.32. The summed E-state index contributed by atoms with van der Waals surface area (Å²) in [5.41, 5.74) is 0. The molecule has 15 heavy (non-hydrogen) atoms. The van der Waals surface area contributed by atoms with Crippen LogP contribution >= 0.6 is 15.9 Å². The van der Waals surface area contributed by atoms with E-state index in [1.807, 2.05) is 24.3 Å². The molecule has 5 heteroatoms. The Labute approximate surface area is 99.0 Å². The summed E-state index contributed by atoms with van der Waals surface area (Å²) in [5, 5.41) is 9.55. The second-order valence-corrected chi connectivity index (χ2v) is 5.91. The molecule has 1 saturated heterocycles. The third-order valence-electron chi connectivity index (χ3n) is 2.24. The molecule has 1 fully saturated rings. The van der Waals surface area contributed by atoms with Gasteiger partial charge in [0, 0.05) is 15.3 Å². The van der Waals surface area contributed by atoms with Crippen molar-refractivity contribution in [3.8, 4) is 5.75 Å². The van der Waals surface area contributed by atoms with E-state index >= 15 is 0 Å². The lowest BCUT2D eigenvalue weighted by Crippen LogP contribution is -2.29. The highest BCUT2D eigenvalue weighted by molar-refractivity contribution is 9.10. The minimum Gasteiger partial charge on any atom is -0.487 e. The number of hydrogen-bond acceptors (Lipinski definition) is 3. The van der Waals surface area contributed by atoms with Gasteiger partial charge in [-0.15, -0.1) is 0 Å². The van der Waals surface area contributed by atoms with Crippen LogP contribution in [0.5, 0.6) is 5.75 Å². The summed E-state index contributed by atoms with van der Waals surface area (Å²) in [7, 11) is -0.945. The summed E-state index contributed by atoms with van der Waals surface area (Å²) in [6, 6.07) is 7.37. The molecule has 0 spiro atoms. The second-order valence-electron chi connectivity index (χ2n) is 3.45. The molecule has 2 rings (SSSR count). The normalized spacial score (nSPS) is 30.4. The molecule has 2 unspecified atom stereocenters. The largest absolute Gasteiger partial charge is 0.487 e. The van der Waals surface area contributed by atoms with Crippen molar-refractivity contribution >= 4 is 26.7 Å². The Morgan fingerprint density at radius 1 is 1.33 bits per heavy atom. The Morgan fingerprint density at radius 2 is 2.00 bits per heavy atom. The van der Waals surface area contributed by atoms with Gasteiger partial charge in [-0.25, -0.2) is 0 Å². The van der Waals surface area contributed by atoms with Crippen LogP contribution in [0.15, 0.2) is 28.7 Å². The lowest BCUT2D eigenvalue weighted by molar-refractivity contribution is 0.0738. The maximum absolute atomic E-state index is 11.2. The lowest BCUT2D eigenvalue weighted by atomic mass is 10.2. The van der Waals surface area contributed by atoms with Gasteiger partial charge < -0.3 is 9.84 Å². The summed E-state index contributed by atoms with van der Waals surface area (Å²) in [6.45, 7) is 0. The number of rotatable bonds is 2. The molecule has 1 aromatic rings. The first kappa shape index (κ1) is 11.1. The van der Waals surface area contributed by atoms with Gasteiger partial charge in [-0.05, 0) is 24.3 Å². The average molecular weight is 291 g/mol. The van der Waals surface area contributed by atoms with Crippen LogP contribution in [0.4, 0.5) is 0 Å². The molecule has 1 aliphatic rings. The second kappa shape index (κ2) is 4.63. The first-order chi connectivity index (χ1) is 7.15. The molecule has 0 aromatic heterocycles. The topological polar surface area (TPSA) is 46.5 Å². The monoisotopic (exact) mass is 290 g/mol. The van der Waals surface area contributed by atoms with Crippen molar-refractivity contribution in [3.63, 3.8) is 0 Å². The molecule has 0 bridgehead atoms. The fraction of sp³-hybridized carbons (Fsp3) is 0.400. The molecule has 0 aliphatic carbocycles. The summed E-state index contributed by atoms with van der Waals surface area (Å²) in [6.07, 6.45) is -0.957. The van der Waals surface area contributed by atoms with Crippen molar-refractivity contribution in [2.75, 3.05) is 11.5 Å². The first-order valence-corrected chi connectivity index (χ1v) is 6.88. The molecule has 1 N–H and O–H groups in total. The Hall–Kier alpha value is -0.390. The number of aliphatic hydroxyl groups is 1. The Kier molecular flexibility index (Phi) is 3.43. The van der Waals surface area contributed by atoms with E-state index in [9.17, 15) is 9.32 Å². The molecule has 1 aliphatic heterocycles. The fourth-order valence-corrected chi connectivity index (χ4v) is 3.11. The van der Waals surface area contributed by atoms with Gasteiger partial charge >= 0.3 is 0 Å². The standard InChI is InChI=1S/C10H11BrO3S/c11-7-1-3-8(4-2-7)14-10-6-15(13)5-9(10)12/h1-4,9-10,12H,5-6H2/t9-,10?,15?/m1/s1. The molecule has 3 atom stereocenters. The number of benzene rings is 1. The first-order valence-electron chi connectivity index (χ1n) is 4.60. The van der Waals surface area contributed by atoms with Gasteiger partial charge in [-0.2, -0.15) is 0 Å². The molecule has 82 valence electrons. The van der Waals surface area contributed by atoms with Gasteiger partial charge in [0.2, 0.25) is 0 Å². The van der Waals surface area contributed by atoms with Crippen LogP contribution in [0.1, 0.15) is 0 Å². The molecule has 1 heterocycles. The zero-order chi connectivity index (χ0) is 10.8. The molecular weight excluding hydrogens is 280 g/mol. The van der Waals surface area contributed by atoms with Gasteiger partial charge in [-0.1, -0.05) is 15.9 Å². The van der Waals surface area contributed by atoms with Crippen molar-refractivity contribution in [2.45, 2.75) is 12.2 Å². The predicted octanol–water partition coefficient (Wildman–Crippen LogP) is 1.32. The molecular formula is C10H11BrO3S. The van der Waals surface area contributed by atoms with E-state index in [0.29, 0.717) is 17.3 Å². The third kappa shape index (κ3) is 2.80. The Balaban J connectivity index is 2.03. The van der Waals surface area contributed by atoms with Crippen molar-refractivity contribution in [1.29, 1.82) is 0 Å². The van der Waals surface area contributed by atoms with Crippen LogP contribution in [0.3, 0.4) is 0 Å². The zero-order valence-electron chi connectivity index (χ0n) is 7.93. The predicted molar refractivity (Wildman–Crippen MR) is 62.4 cm³/mol. The van der Waals surface area contributed by atoms with Crippen molar-refractivity contribution < 1.29 is 14.1 Å². The van der Waals surface area contributed by atoms with Gasteiger partial charge in [0.25, 0.3) is 0 Å². The summed E-state index contributed by atoms with van der Waals surface area (Å²) in [4.78, 5) is 0. The number of hydrogen-bond donors (Lipinski definition) is 1. The molecule has 1 aromatic carbocycles. The molecule has 0 saturated carbocycles. The van der Waals surface area contributed by atoms with E-state index in [1.54, 1.807) is 0 Å². The van der Waals surface area contributed by atoms with Crippen molar-refractivity contribution in [1.82, 2.24) is 0 Å². The van der Waals surface area contributed by atoms with Crippen molar-refractivity contribution in [3.05, 3.63) is 28.7 Å². The van der Waals surface area contributed by atoms with Gasteiger partial charge in [0.05, 0.1) is 11.5 Å². The minimum absolute atomic E-state index is 0.321. The van der Waals surface area contributed by atoms with Crippen LogP contribution in [0.2, 0.25) is 0 Å². The van der Waals surface area contributed by atoms with Gasteiger partial charge in [0.15, 0.2) is 0 Å². The van der Waals surface area contributed by atoms with Gasteiger partial charge in [-0.3, -0.25) is 4.21 Å². The van der Waals surface area contributed by atoms with E-state index in [-0.39, 0.29) is 6.10 Å². The van der Waals surface area contributed by atoms with E-state index < -0.39 is 16.9 Å². The maximum Gasteiger partial charge on any atom is 0.137 e. The Morgan fingerprint density at radius 3 is 2.53 bits per heavy atom. The summed E-state index contributed by atoms with van der Waals surface area (Å²) in [5.74, 6) is 1.43. The van der Waals surface area contributed by atoms with E-state index in [4.69, 9.17) is 4.74 Å². The average Bonchev–Trinajstić information content (AvgIpc) is 2.49. The molecule has 0 amide bonds. The van der Waals surface area contributed by atoms with Crippen LogP contribution in [-0.2, 0) is 10.8 Å². The van der Waals surface area contributed by atoms with Crippen LogP contribution in [-0.4, -0.2) is 33.0 Å². The number of ether oxygens (including phenoxy) is 1. The lowest BCUT2D eigenvalue weighted by Gasteiger charge is -2.15. The highest BCUT2D eigenvalue weighted by atomic mass is 79.9. The minimum atomic E-state index is -0.945. The maximum atomic E-state index is 11.2. The summed E-state index contributed by atoms with van der Waals surface area (Å²) < 4.78 is 17.7. The number of halogens is 1. The number of aliphatic hydroxyl groups excluding tert-OH is 1. The van der Waals surface area contributed by atoms with E-state index in [0.717, 1.165) is 4.47 Å².